The average molecular weight is 380 g/mol. The topological polar surface area (TPSA) is 106 Å². The Hall–Kier alpha value is -3.33. The van der Waals surface area contributed by atoms with Crippen molar-refractivity contribution in [2.45, 2.75) is 19.5 Å². The third kappa shape index (κ3) is 3.49. The molecule has 0 aliphatic heterocycles. The Morgan fingerprint density at radius 3 is 2.78 bits per heavy atom. The van der Waals surface area contributed by atoms with E-state index in [1.165, 1.54) is 17.7 Å². The molecule has 3 heterocycles. The molecule has 0 aliphatic carbocycles. The highest BCUT2D eigenvalue weighted by Crippen LogP contribution is 2.15. The van der Waals surface area contributed by atoms with E-state index in [9.17, 15) is 9.59 Å². The average Bonchev–Trinajstić information content (AvgIpc) is 3.30. The van der Waals surface area contributed by atoms with Crippen LogP contribution in [0.4, 0.5) is 5.95 Å². The van der Waals surface area contributed by atoms with Gasteiger partial charge < -0.3 is 9.88 Å². The van der Waals surface area contributed by atoms with Gasteiger partial charge in [0.05, 0.1) is 18.9 Å². The molecule has 136 valence electrons. The van der Waals surface area contributed by atoms with E-state index in [4.69, 9.17) is 0 Å². The van der Waals surface area contributed by atoms with Gasteiger partial charge in [0.25, 0.3) is 5.56 Å². The van der Waals surface area contributed by atoms with Crippen molar-refractivity contribution in [2.75, 3.05) is 5.32 Å². The smallest absolute Gasteiger partial charge is 0.301 e. The maximum Gasteiger partial charge on any atom is 0.301 e. The van der Waals surface area contributed by atoms with Gasteiger partial charge in [0.1, 0.15) is 10.5 Å². The lowest BCUT2D eigenvalue weighted by Gasteiger charge is -2.13. The number of imidazole rings is 1. The van der Waals surface area contributed by atoms with Gasteiger partial charge in [-0.05, 0) is 12.5 Å². The maximum absolute atomic E-state index is 12.7. The Morgan fingerprint density at radius 1 is 1.22 bits per heavy atom. The summed E-state index contributed by atoms with van der Waals surface area (Å²) in [7, 11) is 0. The first-order chi connectivity index (χ1) is 13.1. The molecule has 2 N–H and O–H groups in total. The highest BCUT2D eigenvalue weighted by molar-refractivity contribution is 7.09. The van der Waals surface area contributed by atoms with Gasteiger partial charge in [-0.2, -0.15) is 4.98 Å². The molecule has 1 atom stereocenters. The normalized spacial score (nSPS) is 12.2. The third-order valence-corrected chi connectivity index (χ3v) is 4.91. The monoisotopic (exact) mass is 380 g/mol. The molecule has 3 aromatic heterocycles. The predicted octanol–water partition coefficient (Wildman–Crippen LogP) is 2.16. The molecule has 0 fully saturated rings. The van der Waals surface area contributed by atoms with E-state index in [-0.39, 0.29) is 23.0 Å². The number of hydrogen-bond donors (Lipinski definition) is 2. The molecule has 0 aliphatic rings. The van der Waals surface area contributed by atoms with E-state index in [1.54, 1.807) is 10.8 Å². The van der Waals surface area contributed by atoms with Crippen molar-refractivity contribution in [2.24, 2.45) is 0 Å². The van der Waals surface area contributed by atoms with Gasteiger partial charge in [-0.3, -0.25) is 14.6 Å². The van der Waals surface area contributed by atoms with Crippen LogP contribution >= 0.6 is 11.3 Å². The van der Waals surface area contributed by atoms with E-state index in [1.807, 2.05) is 42.6 Å². The van der Waals surface area contributed by atoms with Gasteiger partial charge in [0.15, 0.2) is 5.52 Å². The van der Waals surface area contributed by atoms with E-state index in [2.05, 4.69) is 25.3 Å². The number of H-pyrrole nitrogens is 1. The minimum Gasteiger partial charge on any atom is -0.349 e. The fourth-order valence-electron chi connectivity index (χ4n) is 2.82. The zero-order chi connectivity index (χ0) is 18.8. The number of anilines is 1. The molecule has 27 heavy (non-hydrogen) atoms. The summed E-state index contributed by atoms with van der Waals surface area (Å²) >= 11 is 1.47. The molecule has 0 bridgehead atoms. The lowest BCUT2D eigenvalue weighted by atomic mass is 10.1. The van der Waals surface area contributed by atoms with Crippen LogP contribution in [0.1, 0.15) is 23.5 Å². The van der Waals surface area contributed by atoms with Crippen LogP contribution < -0.4 is 16.4 Å². The fourth-order valence-corrected chi connectivity index (χ4v) is 3.44. The first kappa shape index (κ1) is 17.1. The number of aromatic amines is 1. The lowest BCUT2D eigenvalue weighted by Crippen LogP contribution is -2.14. The van der Waals surface area contributed by atoms with Gasteiger partial charge in [-0.15, -0.1) is 11.3 Å². The van der Waals surface area contributed by atoms with Gasteiger partial charge >= 0.3 is 5.56 Å². The van der Waals surface area contributed by atoms with E-state index >= 15 is 0 Å². The summed E-state index contributed by atoms with van der Waals surface area (Å²) < 4.78 is 1.61. The summed E-state index contributed by atoms with van der Waals surface area (Å²) in [6.45, 7) is 2.29. The van der Waals surface area contributed by atoms with Gasteiger partial charge in [-0.1, -0.05) is 30.3 Å². The van der Waals surface area contributed by atoms with Gasteiger partial charge in [-0.25, -0.2) is 9.97 Å². The Labute approximate surface area is 157 Å². The van der Waals surface area contributed by atoms with Crippen LogP contribution in [0.15, 0.2) is 57.8 Å². The molecular weight excluding hydrogens is 364 g/mol. The molecule has 0 radical (unpaired) electrons. The van der Waals surface area contributed by atoms with Crippen molar-refractivity contribution >= 4 is 28.3 Å². The minimum atomic E-state index is -0.566. The Morgan fingerprint density at radius 2 is 2.04 bits per heavy atom. The van der Waals surface area contributed by atoms with Crippen LogP contribution in [0.3, 0.4) is 0 Å². The third-order valence-electron chi connectivity index (χ3n) is 4.14. The fraction of sp³-hybridized carbons (Fsp3) is 0.167. The van der Waals surface area contributed by atoms with Crippen LogP contribution in [0.25, 0.3) is 11.0 Å². The van der Waals surface area contributed by atoms with Crippen molar-refractivity contribution in [1.82, 2.24) is 24.5 Å². The second kappa shape index (κ2) is 7.12. The highest BCUT2D eigenvalue weighted by atomic mass is 32.1. The Bertz CT molecular complexity index is 1180. The summed E-state index contributed by atoms with van der Waals surface area (Å²) in [5.74, 6) is 0.111. The molecule has 1 unspecified atom stereocenters. The summed E-state index contributed by atoms with van der Waals surface area (Å²) in [5, 5.41) is 5.75. The molecular formula is C18H16N6O2S. The highest BCUT2D eigenvalue weighted by Gasteiger charge is 2.14. The molecule has 0 saturated heterocycles. The summed E-state index contributed by atoms with van der Waals surface area (Å²) in [6, 6.07) is 9.55. The van der Waals surface area contributed by atoms with Crippen molar-refractivity contribution in [3.63, 3.8) is 0 Å². The van der Waals surface area contributed by atoms with Crippen LogP contribution in [0.2, 0.25) is 0 Å². The predicted molar refractivity (Wildman–Crippen MR) is 104 cm³/mol. The molecule has 9 heteroatoms. The number of rotatable bonds is 5. The van der Waals surface area contributed by atoms with Crippen molar-refractivity contribution in [3.05, 3.63) is 79.5 Å². The van der Waals surface area contributed by atoms with E-state index in [0.29, 0.717) is 6.54 Å². The van der Waals surface area contributed by atoms with Gasteiger partial charge in [0.2, 0.25) is 5.95 Å². The maximum atomic E-state index is 12.7. The summed E-state index contributed by atoms with van der Waals surface area (Å²) in [6.07, 6.45) is 3.15. The summed E-state index contributed by atoms with van der Waals surface area (Å²) in [5.41, 5.74) is 0.229. The van der Waals surface area contributed by atoms with Crippen LogP contribution in [-0.4, -0.2) is 24.5 Å². The minimum absolute atomic E-state index is 0.0354. The summed E-state index contributed by atoms with van der Waals surface area (Å²) in [4.78, 5) is 40.2. The molecule has 4 aromatic rings. The molecule has 0 spiro atoms. The number of nitrogens with zero attached hydrogens (tertiary/aromatic N) is 4. The largest absolute Gasteiger partial charge is 0.349 e. The molecule has 0 saturated carbocycles. The Balaban J connectivity index is 1.74. The number of nitrogens with one attached hydrogen (secondary N) is 2. The van der Waals surface area contributed by atoms with Crippen LogP contribution in [0.5, 0.6) is 0 Å². The number of aromatic nitrogens is 5. The number of fused-ring (bicyclic) bond motifs is 1. The quantitative estimate of drug-likeness (QED) is 0.550. The SMILES string of the molecule is CC(Nc1nc(=O)c2ncn(Cc3nccs3)c2c(=O)[nH]1)c1ccccc1. The molecule has 1 aromatic carbocycles. The standard InChI is InChI=1S/C18H16N6O2S/c1-11(12-5-3-2-4-6-12)21-18-22-16(25)14-15(17(26)23-18)24(10-20-14)9-13-19-7-8-27-13/h2-8,10-11H,9H2,1H3,(H2,21,22,23,25,26). The van der Waals surface area contributed by atoms with Crippen molar-refractivity contribution in [1.29, 1.82) is 0 Å². The van der Waals surface area contributed by atoms with Crippen molar-refractivity contribution in [3.8, 4) is 0 Å². The van der Waals surface area contributed by atoms with Crippen molar-refractivity contribution < 1.29 is 0 Å². The molecule has 0 amide bonds. The van der Waals surface area contributed by atoms with Crippen LogP contribution in [-0.2, 0) is 6.54 Å². The lowest BCUT2D eigenvalue weighted by molar-refractivity contribution is 0.811. The zero-order valence-electron chi connectivity index (χ0n) is 14.4. The molecule has 8 nitrogen and oxygen atoms in total. The second-order valence-electron chi connectivity index (χ2n) is 5.99. The number of thiazole rings is 1. The first-order valence-electron chi connectivity index (χ1n) is 8.31. The van der Waals surface area contributed by atoms with Gasteiger partial charge in [0, 0.05) is 11.6 Å². The second-order valence-corrected chi connectivity index (χ2v) is 6.97. The van der Waals surface area contributed by atoms with Crippen LogP contribution in [0, 0.1) is 0 Å². The zero-order valence-corrected chi connectivity index (χ0v) is 15.2. The first-order valence-corrected chi connectivity index (χ1v) is 9.19. The molecule has 4 rings (SSSR count). The number of benzene rings is 1. The van der Waals surface area contributed by atoms with E-state index < -0.39 is 11.1 Å². The van der Waals surface area contributed by atoms with E-state index in [0.717, 1.165) is 10.6 Å². The Kier molecular flexibility index (Phi) is 4.51. The number of hydrogen-bond acceptors (Lipinski definition) is 7.